The van der Waals surface area contributed by atoms with E-state index in [-0.39, 0.29) is 23.1 Å². The number of fused-ring (bicyclic) bond motifs is 1. The molecule has 0 aliphatic carbocycles. The van der Waals surface area contributed by atoms with Crippen LogP contribution in [0.4, 0.5) is 15.9 Å². The Morgan fingerprint density at radius 2 is 1.79 bits per heavy atom. The lowest BCUT2D eigenvalue weighted by molar-refractivity contribution is 0.0741. The summed E-state index contributed by atoms with van der Waals surface area (Å²) in [5, 5.41) is 27.0. The summed E-state index contributed by atoms with van der Waals surface area (Å²) in [5.41, 5.74) is 2.47. The molecule has 4 heterocycles. The van der Waals surface area contributed by atoms with Gasteiger partial charge in [0.2, 0.25) is 0 Å². The SMILES string of the molecule is N#Cc1ccc(N2CCN(C(=O)c3cc(Cc4n[nH]c(=O)c5ccc(N6CCC(O)CC6)cc45)ccc3F)CC2)nc1. The van der Waals surface area contributed by atoms with E-state index in [2.05, 4.69) is 26.2 Å². The molecule has 2 saturated heterocycles. The molecule has 0 unspecified atom stereocenters. The minimum atomic E-state index is -0.589. The van der Waals surface area contributed by atoms with Gasteiger partial charge in [-0.3, -0.25) is 9.59 Å². The van der Waals surface area contributed by atoms with E-state index in [1.807, 2.05) is 17.0 Å². The molecule has 0 atom stereocenters. The number of hydrogen-bond donors (Lipinski definition) is 2. The second kappa shape index (κ2) is 11.6. The molecule has 0 radical (unpaired) electrons. The topological polar surface area (TPSA) is 129 Å². The van der Waals surface area contributed by atoms with Crippen molar-refractivity contribution in [3.05, 3.63) is 93.3 Å². The predicted octanol–water partition coefficient (Wildman–Crippen LogP) is 2.84. The number of rotatable bonds is 5. The molecule has 11 heteroatoms. The summed E-state index contributed by atoms with van der Waals surface area (Å²) in [5.74, 6) is -0.236. The van der Waals surface area contributed by atoms with Crippen molar-refractivity contribution in [2.45, 2.75) is 25.4 Å². The number of nitrogens with zero attached hydrogens (tertiary/aromatic N) is 6. The van der Waals surface area contributed by atoms with E-state index in [9.17, 15) is 19.1 Å². The Balaban J connectivity index is 1.20. The molecule has 0 bridgehead atoms. The Morgan fingerprint density at radius 3 is 2.50 bits per heavy atom. The molecule has 2 fully saturated rings. The van der Waals surface area contributed by atoms with Gasteiger partial charge in [0.1, 0.15) is 17.7 Å². The average molecular weight is 568 g/mol. The number of aliphatic hydroxyl groups is 1. The minimum absolute atomic E-state index is 0.00117. The summed E-state index contributed by atoms with van der Waals surface area (Å²) in [6, 6.07) is 15.7. The Hall–Kier alpha value is -4.82. The van der Waals surface area contributed by atoms with Crippen LogP contribution in [0.5, 0.6) is 0 Å². The van der Waals surface area contributed by atoms with Crippen LogP contribution in [0.15, 0.2) is 59.5 Å². The van der Waals surface area contributed by atoms with Crippen LogP contribution in [0, 0.1) is 17.1 Å². The number of aliphatic hydroxyl groups excluding tert-OH is 1. The number of nitriles is 1. The second-order valence-corrected chi connectivity index (χ2v) is 10.7. The van der Waals surface area contributed by atoms with Gasteiger partial charge < -0.3 is 19.8 Å². The molecule has 0 saturated carbocycles. The maximum absolute atomic E-state index is 14.9. The summed E-state index contributed by atoms with van der Waals surface area (Å²) in [4.78, 5) is 36.1. The predicted molar refractivity (Wildman–Crippen MR) is 156 cm³/mol. The highest BCUT2D eigenvalue weighted by Gasteiger charge is 2.25. The number of aromatic amines is 1. The van der Waals surface area contributed by atoms with Gasteiger partial charge >= 0.3 is 0 Å². The lowest BCUT2D eigenvalue weighted by atomic mass is 10.0. The van der Waals surface area contributed by atoms with E-state index >= 15 is 0 Å². The summed E-state index contributed by atoms with van der Waals surface area (Å²) >= 11 is 0. The molecular formula is C31H30FN7O3. The van der Waals surface area contributed by atoms with E-state index in [1.165, 1.54) is 12.3 Å². The lowest BCUT2D eigenvalue weighted by Crippen LogP contribution is -2.49. The number of aromatic nitrogens is 3. The number of halogens is 1. The molecule has 2 aromatic carbocycles. The summed E-state index contributed by atoms with van der Waals surface area (Å²) in [6.45, 7) is 3.34. The third kappa shape index (κ3) is 5.53. The number of benzene rings is 2. The number of carbonyl (C=O) groups excluding carboxylic acids is 1. The molecule has 2 aliphatic rings. The van der Waals surface area contributed by atoms with Gasteiger partial charge in [0.15, 0.2) is 0 Å². The number of amides is 1. The van der Waals surface area contributed by atoms with Crippen LogP contribution in [-0.2, 0) is 6.42 Å². The summed E-state index contributed by atoms with van der Waals surface area (Å²) in [7, 11) is 0. The summed E-state index contributed by atoms with van der Waals surface area (Å²) < 4.78 is 14.9. The molecular weight excluding hydrogens is 537 g/mol. The zero-order valence-electron chi connectivity index (χ0n) is 23.0. The smallest absolute Gasteiger partial charge is 0.272 e. The molecule has 2 N–H and O–H groups in total. The first kappa shape index (κ1) is 27.4. The molecule has 0 spiro atoms. The number of hydrogen-bond acceptors (Lipinski definition) is 8. The largest absolute Gasteiger partial charge is 0.393 e. The van der Waals surface area contributed by atoms with Crippen LogP contribution in [0.3, 0.4) is 0 Å². The van der Waals surface area contributed by atoms with Crippen molar-refractivity contribution in [2.24, 2.45) is 0 Å². The monoisotopic (exact) mass is 567 g/mol. The maximum atomic E-state index is 14.9. The van der Waals surface area contributed by atoms with Gasteiger partial charge in [-0.15, -0.1) is 0 Å². The fourth-order valence-corrected chi connectivity index (χ4v) is 5.65. The molecule has 2 aromatic heterocycles. The third-order valence-electron chi connectivity index (χ3n) is 8.08. The zero-order valence-corrected chi connectivity index (χ0v) is 23.0. The fourth-order valence-electron chi connectivity index (χ4n) is 5.65. The van der Waals surface area contributed by atoms with Crippen molar-refractivity contribution in [3.8, 4) is 6.07 Å². The van der Waals surface area contributed by atoms with Crippen LogP contribution >= 0.6 is 0 Å². The molecule has 42 heavy (non-hydrogen) atoms. The molecule has 10 nitrogen and oxygen atoms in total. The molecule has 4 aromatic rings. The van der Waals surface area contributed by atoms with Crippen molar-refractivity contribution in [2.75, 3.05) is 49.1 Å². The van der Waals surface area contributed by atoms with E-state index in [1.54, 1.807) is 35.2 Å². The molecule has 1 amide bonds. The minimum Gasteiger partial charge on any atom is -0.393 e. The summed E-state index contributed by atoms with van der Waals surface area (Å²) in [6.07, 6.45) is 2.90. The molecule has 6 rings (SSSR count). The normalized spacial score (nSPS) is 16.1. The van der Waals surface area contributed by atoms with Crippen LogP contribution in [0.25, 0.3) is 10.8 Å². The average Bonchev–Trinajstić information content (AvgIpc) is 3.03. The van der Waals surface area contributed by atoms with Gasteiger partial charge in [0.25, 0.3) is 11.5 Å². The fraction of sp³-hybridized carbons (Fsp3) is 0.323. The highest BCUT2D eigenvalue weighted by molar-refractivity contribution is 5.95. The van der Waals surface area contributed by atoms with Crippen LogP contribution < -0.4 is 15.4 Å². The Bertz CT molecular complexity index is 1720. The van der Waals surface area contributed by atoms with E-state index in [4.69, 9.17) is 5.26 Å². The van der Waals surface area contributed by atoms with Gasteiger partial charge in [-0.05, 0) is 60.9 Å². The van der Waals surface area contributed by atoms with Gasteiger partial charge in [-0.1, -0.05) is 6.07 Å². The third-order valence-corrected chi connectivity index (χ3v) is 8.08. The maximum Gasteiger partial charge on any atom is 0.272 e. The number of piperazine rings is 1. The molecule has 214 valence electrons. The number of piperidine rings is 1. The van der Waals surface area contributed by atoms with E-state index < -0.39 is 5.82 Å². The second-order valence-electron chi connectivity index (χ2n) is 10.7. The molecule has 2 aliphatic heterocycles. The quantitative estimate of drug-likeness (QED) is 0.377. The number of H-pyrrole nitrogens is 1. The number of pyridine rings is 1. The number of anilines is 2. The van der Waals surface area contributed by atoms with E-state index in [0.29, 0.717) is 73.0 Å². The zero-order chi connectivity index (χ0) is 29.2. The lowest BCUT2D eigenvalue weighted by Gasteiger charge is -2.35. The van der Waals surface area contributed by atoms with Crippen molar-refractivity contribution in [1.82, 2.24) is 20.1 Å². The van der Waals surface area contributed by atoms with Gasteiger partial charge in [-0.25, -0.2) is 14.5 Å². The number of nitrogens with one attached hydrogen (secondary N) is 1. The van der Waals surface area contributed by atoms with Crippen molar-refractivity contribution in [3.63, 3.8) is 0 Å². The first-order valence-corrected chi connectivity index (χ1v) is 14.0. The number of carbonyl (C=O) groups is 1. The van der Waals surface area contributed by atoms with Crippen LogP contribution in [0.2, 0.25) is 0 Å². The van der Waals surface area contributed by atoms with Gasteiger partial charge in [0.05, 0.1) is 28.3 Å². The highest BCUT2D eigenvalue weighted by Crippen LogP contribution is 2.27. The van der Waals surface area contributed by atoms with Gasteiger partial charge in [0, 0.05) is 63.0 Å². The Kier molecular flexibility index (Phi) is 7.54. The van der Waals surface area contributed by atoms with Crippen molar-refractivity contribution in [1.29, 1.82) is 5.26 Å². The first-order chi connectivity index (χ1) is 20.4. The standard InChI is InChI=1S/C31H30FN7O3/c32-27-5-1-20(15-26(27)31(42)39-13-11-38(12-14-39)29-6-2-21(18-33)19-34-29)16-28-25-17-22(37-9-7-23(40)8-10-37)3-4-24(25)30(41)36-35-28/h1-6,15,17,19,23,40H,7-14,16H2,(H,36,41). The van der Waals surface area contributed by atoms with E-state index in [0.717, 1.165) is 24.6 Å². The highest BCUT2D eigenvalue weighted by atomic mass is 19.1. The van der Waals surface area contributed by atoms with Crippen molar-refractivity contribution < 1.29 is 14.3 Å². The Labute approximate surface area is 241 Å². The van der Waals surface area contributed by atoms with Gasteiger partial charge in [-0.2, -0.15) is 10.4 Å². The van der Waals surface area contributed by atoms with Crippen LogP contribution in [0.1, 0.15) is 40.0 Å². The van der Waals surface area contributed by atoms with Crippen LogP contribution in [-0.4, -0.2) is 76.5 Å². The Morgan fingerprint density at radius 1 is 1.00 bits per heavy atom. The first-order valence-electron chi connectivity index (χ1n) is 14.0. The van der Waals surface area contributed by atoms with Crippen molar-refractivity contribution >= 4 is 28.2 Å².